The molecule has 1 aromatic rings. The fourth-order valence-corrected chi connectivity index (χ4v) is 1.99. The maximum Gasteiger partial charge on any atom is 0.243 e. The van der Waals surface area contributed by atoms with Gasteiger partial charge in [0.05, 0.1) is 14.2 Å². The van der Waals surface area contributed by atoms with Crippen LogP contribution in [0.1, 0.15) is 29.8 Å². The number of methoxy groups -OCH3 is 2. The van der Waals surface area contributed by atoms with Crippen molar-refractivity contribution < 1.29 is 19.1 Å². The first-order valence-corrected chi connectivity index (χ1v) is 6.69. The number of benzene rings is 1. The highest BCUT2D eigenvalue weighted by molar-refractivity contribution is 5.96. The molecule has 21 heavy (non-hydrogen) atoms. The number of allylic oxidation sites excluding steroid dienone is 1. The Hall–Kier alpha value is -2.30. The van der Waals surface area contributed by atoms with Crippen molar-refractivity contribution in [1.29, 1.82) is 0 Å². The number of Topliss-reactive ketones (excluding diaryl/α,β-unsaturated/α-hetero) is 1. The van der Waals surface area contributed by atoms with Crippen molar-refractivity contribution in [2.75, 3.05) is 20.8 Å². The number of amides is 1. The molecule has 1 rings (SSSR count). The van der Waals surface area contributed by atoms with Crippen LogP contribution in [0.3, 0.4) is 0 Å². The summed E-state index contributed by atoms with van der Waals surface area (Å²) in [4.78, 5) is 23.1. The lowest BCUT2D eigenvalue weighted by molar-refractivity contribution is -0.116. The van der Waals surface area contributed by atoms with E-state index < -0.39 is 0 Å². The summed E-state index contributed by atoms with van der Waals surface area (Å²) in [5, 5.41) is 2.76. The molecule has 0 unspecified atom stereocenters. The molecule has 1 N–H and O–H groups in total. The third-order valence-electron chi connectivity index (χ3n) is 3.00. The molecular formula is C16H21NO4. The Balaban J connectivity index is 2.93. The van der Waals surface area contributed by atoms with Gasteiger partial charge in [0.2, 0.25) is 5.91 Å². The highest BCUT2D eigenvalue weighted by Crippen LogP contribution is 2.31. The Labute approximate surface area is 124 Å². The van der Waals surface area contributed by atoms with E-state index in [1.54, 1.807) is 32.2 Å². The Morgan fingerprint density at radius 1 is 1.19 bits per heavy atom. The molecule has 0 fully saturated rings. The maximum atomic E-state index is 11.7. The maximum absolute atomic E-state index is 11.7. The van der Waals surface area contributed by atoms with Crippen LogP contribution < -0.4 is 14.8 Å². The van der Waals surface area contributed by atoms with Crippen molar-refractivity contribution in [3.8, 4) is 11.5 Å². The number of ketones is 1. The molecule has 0 aliphatic rings. The van der Waals surface area contributed by atoms with Crippen LogP contribution in [0.15, 0.2) is 24.3 Å². The molecule has 0 radical (unpaired) electrons. The molecular weight excluding hydrogens is 270 g/mol. The van der Waals surface area contributed by atoms with Crippen LogP contribution in [0.25, 0.3) is 0 Å². The normalized spacial score (nSPS) is 10.5. The smallest absolute Gasteiger partial charge is 0.243 e. The Morgan fingerprint density at radius 3 is 2.33 bits per heavy atom. The zero-order valence-electron chi connectivity index (χ0n) is 12.9. The lowest BCUT2D eigenvalue weighted by atomic mass is 10.0. The van der Waals surface area contributed by atoms with E-state index in [0.717, 1.165) is 5.56 Å². The zero-order chi connectivity index (χ0) is 15.8. The third kappa shape index (κ3) is 4.63. The van der Waals surface area contributed by atoms with Crippen molar-refractivity contribution in [2.24, 2.45) is 0 Å². The van der Waals surface area contributed by atoms with Crippen molar-refractivity contribution >= 4 is 11.7 Å². The van der Waals surface area contributed by atoms with Gasteiger partial charge in [-0.05, 0) is 44.0 Å². The average molecular weight is 291 g/mol. The third-order valence-corrected chi connectivity index (χ3v) is 3.00. The van der Waals surface area contributed by atoms with E-state index in [-0.39, 0.29) is 11.7 Å². The van der Waals surface area contributed by atoms with E-state index in [1.807, 2.05) is 0 Å². The minimum absolute atomic E-state index is 0.0502. The highest BCUT2D eigenvalue weighted by atomic mass is 16.5. The molecule has 114 valence electrons. The van der Waals surface area contributed by atoms with Gasteiger partial charge in [0.1, 0.15) is 0 Å². The fraction of sp³-hybridized carbons (Fsp3) is 0.375. The molecule has 1 aromatic carbocycles. The number of hydrogen-bond acceptors (Lipinski definition) is 4. The minimum Gasteiger partial charge on any atom is -0.493 e. The summed E-state index contributed by atoms with van der Waals surface area (Å²) in [6.45, 7) is 3.73. The van der Waals surface area contributed by atoms with Gasteiger partial charge in [0.15, 0.2) is 17.3 Å². The van der Waals surface area contributed by atoms with Gasteiger partial charge < -0.3 is 14.8 Å². The SMILES string of the molecule is CC=CC(=O)NCCc1cc(OC)c(OC)cc1C(C)=O. The fourth-order valence-electron chi connectivity index (χ4n) is 1.99. The van der Waals surface area contributed by atoms with Crippen molar-refractivity contribution in [3.05, 3.63) is 35.4 Å². The second kappa shape index (κ2) is 8.09. The largest absolute Gasteiger partial charge is 0.493 e. The van der Waals surface area contributed by atoms with E-state index >= 15 is 0 Å². The summed E-state index contributed by atoms with van der Waals surface area (Å²) < 4.78 is 10.4. The monoisotopic (exact) mass is 291 g/mol. The molecule has 0 aliphatic heterocycles. The molecule has 5 heteroatoms. The minimum atomic E-state index is -0.151. The predicted molar refractivity (Wildman–Crippen MR) is 81.1 cm³/mol. The van der Waals surface area contributed by atoms with Crippen molar-refractivity contribution in [2.45, 2.75) is 20.3 Å². The lowest BCUT2D eigenvalue weighted by Crippen LogP contribution is -2.24. The summed E-state index contributed by atoms with van der Waals surface area (Å²) >= 11 is 0. The molecule has 5 nitrogen and oxygen atoms in total. The summed E-state index contributed by atoms with van der Waals surface area (Å²) in [6, 6.07) is 3.45. The van der Waals surface area contributed by atoms with Crippen LogP contribution in [-0.2, 0) is 11.2 Å². The molecule has 1 amide bonds. The number of nitrogens with one attached hydrogen (secondary N) is 1. The Kier molecular flexibility index (Phi) is 6.46. The second-order valence-electron chi connectivity index (χ2n) is 4.46. The molecule has 0 spiro atoms. The molecule has 0 saturated heterocycles. The van der Waals surface area contributed by atoms with Gasteiger partial charge in [-0.15, -0.1) is 0 Å². The average Bonchev–Trinajstić information content (AvgIpc) is 2.46. The first-order valence-electron chi connectivity index (χ1n) is 6.69. The quantitative estimate of drug-likeness (QED) is 0.617. The van der Waals surface area contributed by atoms with Gasteiger partial charge in [-0.2, -0.15) is 0 Å². The van der Waals surface area contributed by atoms with E-state index in [1.165, 1.54) is 20.1 Å². The van der Waals surface area contributed by atoms with E-state index in [0.29, 0.717) is 30.0 Å². The van der Waals surface area contributed by atoms with Gasteiger partial charge in [-0.3, -0.25) is 9.59 Å². The van der Waals surface area contributed by atoms with E-state index in [2.05, 4.69) is 5.32 Å². The molecule has 0 aliphatic carbocycles. The molecule has 0 bridgehead atoms. The summed E-state index contributed by atoms with van der Waals surface area (Å²) in [6.07, 6.45) is 3.67. The van der Waals surface area contributed by atoms with Crippen LogP contribution in [0.2, 0.25) is 0 Å². The van der Waals surface area contributed by atoms with Crippen molar-refractivity contribution in [3.63, 3.8) is 0 Å². The highest BCUT2D eigenvalue weighted by Gasteiger charge is 2.14. The van der Waals surface area contributed by atoms with Gasteiger partial charge in [0.25, 0.3) is 0 Å². The molecule has 0 atom stereocenters. The number of hydrogen-bond donors (Lipinski definition) is 1. The van der Waals surface area contributed by atoms with E-state index in [4.69, 9.17) is 9.47 Å². The standard InChI is InChI=1S/C16H21NO4/c1-5-6-16(19)17-8-7-12-9-14(20-3)15(21-4)10-13(12)11(2)18/h5-6,9-10H,7-8H2,1-4H3,(H,17,19). The molecule has 0 saturated carbocycles. The predicted octanol–water partition coefficient (Wildman–Crippen LogP) is 2.14. The number of ether oxygens (including phenoxy) is 2. The van der Waals surface area contributed by atoms with Crippen molar-refractivity contribution in [1.82, 2.24) is 5.32 Å². The Morgan fingerprint density at radius 2 is 1.81 bits per heavy atom. The molecule has 0 heterocycles. The van der Waals surface area contributed by atoms with Gasteiger partial charge in [-0.25, -0.2) is 0 Å². The summed E-state index contributed by atoms with van der Waals surface area (Å²) in [7, 11) is 3.07. The lowest BCUT2D eigenvalue weighted by Gasteiger charge is -2.13. The Bertz CT molecular complexity index is 549. The van der Waals surface area contributed by atoms with Crippen LogP contribution in [0.4, 0.5) is 0 Å². The van der Waals surface area contributed by atoms with Gasteiger partial charge in [-0.1, -0.05) is 6.08 Å². The zero-order valence-corrected chi connectivity index (χ0v) is 12.9. The topological polar surface area (TPSA) is 64.6 Å². The molecule has 0 aromatic heterocycles. The van der Waals surface area contributed by atoms with Crippen LogP contribution in [0.5, 0.6) is 11.5 Å². The van der Waals surface area contributed by atoms with Crippen LogP contribution in [0, 0.1) is 0 Å². The number of carbonyl (C=O) groups excluding carboxylic acids is 2. The van der Waals surface area contributed by atoms with Crippen LogP contribution in [-0.4, -0.2) is 32.5 Å². The second-order valence-corrected chi connectivity index (χ2v) is 4.46. The summed E-state index contributed by atoms with van der Waals surface area (Å²) in [5.41, 5.74) is 1.40. The first kappa shape index (κ1) is 16.8. The van der Waals surface area contributed by atoms with E-state index in [9.17, 15) is 9.59 Å². The number of carbonyl (C=O) groups is 2. The first-order chi connectivity index (χ1) is 10.0. The van der Waals surface area contributed by atoms with Gasteiger partial charge >= 0.3 is 0 Å². The van der Waals surface area contributed by atoms with Crippen LogP contribution >= 0.6 is 0 Å². The number of rotatable bonds is 7. The summed E-state index contributed by atoms with van der Waals surface area (Å²) in [5.74, 6) is 0.884. The van der Waals surface area contributed by atoms with Gasteiger partial charge in [0, 0.05) is 12.1 Å².